The van der Waals surface area contributed by atoms with Crippen molar-refractivity contribution in [3.63, 3.8) is 0 Å². The van der Waals surface area contributed by atoms with Crippen LogP contribution < -0.4 is 0 Å². The molecule has 1 aromatic carbocycles. The van der Waals surface area contributed by atoms with Crippen LogP contribution in [0.3, 0.4) is 0 Å². The van der Waals surface area contributed by atoms with E-state index in [1.54, 1.807) is 12.1 Å². The lowest BCUT2D eigenvalue weighted by Crippen LogP contribution is -2.04. The summed E-state index contributed by atoms with van der Waals surface area (Å²) in [5.74, 6) is 1.09. The molecule has 1 heterocycles. The molecule has 6 heteroatoms. The Bertz CT molecular complexity index is 625. The first-order valence-electron chi connectivity index (χ1n) is 7.12. The highest BCUT2D eigenvalue weighted by Gasteiger charge is 2.12. The van der Waals surface area contributed by atoms with Crippen LogP contribution in [-0.4, -0.2) is 14.5 Å². The Hall–Kier alpha value is -1.82. The number of imidazole rings is 1. The van der Waals surface area contributed by atoms with Crippen LogP contribution in [0.15, 0.2) is 40.4 Å². The fourth-order valence-corrected chi connectivity index (χ4v) is 3.13. The summed E-state index contributed by atoms with van der Waals surface area (Å²) in [4.78, 5) is 15.8. The van der Waals surface area contributed by atoms with Gasteiger partial charge in [-0.2, -0.15) is 0 Å². The fraction of sp³-hybridized carbons (Fsp3) is 0.400. The number of benzene rings is 1. The summed E-state index contributed by atoms with van der Waals surface area (Å²) in [6.07, 6.45) is 4.91. The van der Waals surface area contributed by atoms with E-state index in [0.717, 1.165) is 41.6 Å². The maximum absolute atomic E-state index is 10.8. The van der Waals surface area contributed by atoms with E-state index >= 15 is 0 Å². The highest BCUT2D eigenvalue weighted by atomic mass is 32.2. The SMILES string of the molecule is CCCc1ncc(Sc2cccc([N+](=O)[O-])c2)n1CCC. The molecule has 2 aromatic rings. The first kappa shape index (κ1) is 15.6. The van der Waals surface area contributed by atoms with Crippen LogP contribution >= 0.6 is 11.8 Å². The smallest absolute Gasteiger partial charge is 0.270 e. The number of rotatable bonds is 7. The van der Waals surface area contributed by atoms with Gasteiger partial charge in [0, 0.05) is 30.0 Å². The molecule has 2 rings (SSSR count). The van der Waals surface area contributed by atoms with Crippen molar-refractivity contribution in [3.05, 3.63) is 46.4 Å². The van der Waals surface area contributed by atoms with E-state index in [4.69, 9.17) is 0 Å². The molecule has 1 aromatic heterocycles. The Balaban J connectivity index is 2.26. The molecule has 5 nitrogen and oxygen atoms in total. The van der Waals surface area contributed by atoms with Gasteiger partial charge in [0.05, 0.1) is 16.1 Å². The fourth-order valence-electron chi connectivity index (χ4n) is 2.15. The number of non-ortho nitro benzene ring substituents is 1. The van der Waals surface area contributed by atoms with Crippen LogP contribution in [0, 0.1) is 10.1 Å². The molecular weight excluding hydrogens is 286 g/mol. The number of hydrogen-bond donors (Lipinski definition) is 0. The van der Waals surface area contributed by atoms with E-state index in [2.05, 4.69) is 23.4 Å². The largest absolute Gasteiger partial charge is 0.323 e. The molecule has 0 radical (unpaired) electrons. The normalized spacial score (nSPS) is 10.8. The number of hydrogen-bond acceptors (Lipinski definition) is 4. The predicted octanol–water partition coefficient (Wildman–Crippen LogP) is 4.31. The highest BCUT2D eigenvalue weighted by Crippen LogP contribution is 2.31. The number of nitro benzene ring substituents is 1. The van der Waals surface area contributed by atoms with Crippen LogP contribution in [0.1, 0.15) is 32.5 Å². The molecule has 0 saturated carbocycles. The predicted molar refractivity (Wildman–Crippen MR) is 83.7 cm³/mol. The molecule has 0 N–H and O–H groups in total. The molecule has 112 valence electrons. The average molecular weight is 305 g/mol. The monoisotopic (exact) mass is 305 g/mol. The number of nitrogens with zero attached hydrogens (tertiary/aromatic N) is 3. The van der Waals surface area contributed by atoms with Gasteiger partial charge in [0.15, 0.2) is 0 Å². The Kier molecular flexibility index (Phi) is 5.38. The second kappa shape index (κ2) is 7.26. The van der Waals surface area contributed by atoms with E-state index in [9.17, 15) is 10.1 Å². The zero-order valence-electron chi connectivity index (χ0n) is 12.3. The van der Waals surface area contributed by atoms with E-state index in [1.807, 2.05) is 12.3 Å². The lowest BCUT2D eigenvalue weighted by molar-refractivity contribution is -0.385. The van der Waals surface area contributed by atoms with Crippen LogP contribution in [0.25, 0.3) is 0 Å². The summed E-state index contributed by atoms with van der Waals surface area (Å²) in [7, 11) is 0. The Labute approximate surface area is 128 Å². The van der Waals surface area contributed by atoms with Crippen LogP contribution in [0.5, 0.6) is 0 Å². The van der Waals surface area contributed by atoms with Gasteiger partial charge >= 0.3 is 0 Å². The van der Waals surface area contributed by atoms with Gasteiger partial charge in [-0.05, 0) is 18.9 Å². The van der Waals surface area contributed by atoms with Crippen molar-refractivity contribution in [2.45, 2.75) is 49.6 Å². The van der Waals surface area contributed by atoms with E-state index < -0.39 is 0 Å². The van der Waals surface area contributed by atoms with Gasteiger partial charge in [0.25, 0.3) is 5.69 Å². The molecular formula is C15H19N3O2S. The van der Waals surface area contributed by atoms with E-state index in [-0.39, 0.29) is 10.6 Å². The lowest BCUT2D eigenvalue weighted by atomic mass is 10.3. The minimum atomic E-state index is -0.365. The standard InChI is InChI=1S/C15H19N3O2S/c1-3-6-14-16-11-15(17(14)9-4-2)21-13-8-5-7-12(10-13)18(19)20/h5,7-8,10-11H,3-4,6,9H2,1-2H3. The maximum atomic E-state index is 10.8. The molecule has 0 saturated heterocycles. The average Bonchev–Trinajstić information content (AvgIpc) is 2.83. The van der Waals surface area contributed by atoms with Gasteiger partial charge in [0.1, 0.15) is 5.82 Å². The van der Waals surface area contributed by atoms with Crippen molar-refractivity contribution < 1.29 is 4.92 Å². The molecule has 0 fully saturated rings. The first-order valence-corrected chi connectivity index (χ1v) is 7.94. The quantitative estimate of drug-likeness (QED) is 0.565. The zero-order valence-corrected chi connectivity index (χ0v) is 13.1. The van der Waals surface area contributed by atoms with Crippen molar-refractivity contribution in [2.75, 3.05) is 0 Å². The van der Waals surface area contributed by atoms with Crippen molar-refractivity contribution in [1.82, 2.24) is 9.55 Å². The van der Waals surface area contributed by atoms with Crippen molar-refractivity contribution in [1.29, 1.82) is 0 Å². The minimum Gasteiger partial charge on any atom is -0.323 e. The number of aromatic nitrogens is 2. The van der Waals surface area contributed by atoms with Gasteiger partial charge in [-0.3, -0.25) is 10.1 Å². The molecule has 0 spiro atoms. The zero-order chi connectivity index (χ0) is 15.2. The second-order valence-corrected chi connectivity index (χ2v) is 5.86. The van der Waals surface area contributed by atoms with Gasteiger partial charge in [-0.25, -0.2) is 4.98 Å². The van der Waals surface area contributed by atoms with Crippen LogP contribution in [0.4, 0.5) is 5.69 Å². The molecule has 0 aliphatic rings. The Morgan fingerprint density at radius 3 is 2.81 bits per heavy atom. The van der Waals surface area contributed by atoms with Gasteiger partial charge in [0.2, 0.25) is 0 Å². The number of nitro groups is 1. The van der Waals surface area contributed by atoms with Crippen molar-refractivity contribution in [2.24, 2.45) is 0 Å². The van der Waals surface area contributed by atoms with Crippen molar-refractivity contribution in [3.8, 4) is 0 Å². The molecule has 0 aliphatic carbocycles. The third-order valence-electron chi connectivity index (χ3n) is 3.07. The minimum absolute atomic E-state index is 0.121. The maximum Gasteiger partial charge on any atom is 0.270 e. The van der Waals surface area contributed by atoms with E-state index in [0.29, 0.717) is 0 Å². The summed E-state index contributed by atoms with van der Waals surface area (Å²) in [5.41, 5.74) is 0.121. The third kappa shape index (κ3) is 3.85. The summed E-state index contributed by atoms with van der Waals surface area (Å²) in [6.45, 7) is 5.20. The summed E-state index contributed by atoms with van der Waals surface area (Å²) < 4.78 is 2.22. The molecule has 21 heavy (non-hydrogen) atoms. The van der Waals surface area contributed by atoms with E-state index in [1.165, 1.54) is 17.8 Å². The summed E-state index contributed by atoms with van der Waals surface area (Å²) in [6, 6.07) is 6.72. The van der Waals surface area contributed by atoms with Crippen LogP contribution in [-0.2, 0) is 13.0 Å². The molecule has 0 aliphatic heterocycles. The van der Waals surface area contributed by atoms with Crippen LogP contribution in [0.2, 0.25) is 0 Å². The topological polar surface area (TPSA) is 61.0 Å². The second-order valence-electron chi connectivity index (χ2n) is 4.77. The highest BCUT2D eigenvalue weighted by molar-refractivity contribution is 7.99. The molecule has 0 bridgehead atoms. The van der Waals surface area contributed by atoms with Gasteiger partial charge in [-0.15, -0.1) is 0 Å². The first-order chi connectivity index (χ1) is 10.2. The Morgan fingerprint density at radius 2 is 2.14 bits per heavy atom. The summed E-state index contributed by atoms with van der Waals surface area (Å²) >= 11 is 1.53. The number of aryl methyl sites for hydroxylation is 1. The lowest BCUT2D eigenvalue weighted by Gasteiger charge is -2.10. The van der Waals surface area contributed by atoms with Gasteiger partial charge in [-0.1, -0.05) is 31.7 Å². The van der Waals surface area contributed by atoms with Gasteiger partial charge < -0.3 is 4.57 Å². The van der Waals surface area contributed by atoms with Crippen molar-refractivity contribution >= 4 is 17.4 Å². The molecule has 0 unspecified atom stereocenters. The Morgan fingerprint density at radius 1 is 1.33 bits per heavy atom. The molecule has 0 amide bonds. The summed E-state index contributed by atoms with van der Waals surface area (Å²) in [5, 5.41) is 11.9. The molecule has 0 atom stereocenters. The third-order valence-corrected chi connectivity index (χ3v) is 4.10.